The Morgan fingerprint density at radius 3 is 2.25 bits per heavy atom. The molecule has 1 aromatic rings. The summed E-state index contributed by atoms with van der Waals surface area (Å²) in [5, 5.41) is 1.63. The Morgan fingerprint density at radius 2 is 1.71 bits per heavy atom. The number of hydrogen-bond acceptors (Lipinski definition) is 5. The van der Waals surface area contributed by atoms with Crippen LogP contribution in [-0.4, -0.2) is 38.6 Å². The number of benzene rings is 1. The van der Waals surface area contributed by atoms with E-state index in [1.807, 2.05) is 6.92 Å². The lowest BCUT2D eigenvalue weighted by Gasteiger charge is -2.28. The minimum Gasteiger partial charge on any atom is -0.366 e. The van der Waals surface area contributed by atoms with Gasteiger partial charge in [-0.05, 0) is 37.8 Å². The molecule has 0 aromatic heterocycles. The van der Waals surface area contributed by atoms with Crippen LogP contribution in [0.5, 0.6) is 0 Å². The van der Waals surface area contributed by atoms with Crippen LogP contribution in [0.1, 0.15) is 38.7 Å². The molecule has 1 aromatic carbocycles. The van der Waals surface area contributed by atoms with Crippen molar-refractivity contribution >= 4 is 16.0 Å². The normalized spacial score (nSPS) is 17.7. The molecule has 1 atom stereocenters. The van der Waals surface area contributed by atoms with Crippen LogP contribution in [0.2, 0.25) is 0 Å². The van der Waals surface area contributed by atoms with Gasteiger partial charge in [-0.1, -0.05) is 38.0 Å². The van der Waals surface area contributed by atoms with Crippen molar-refractivity contribution in [3.8, 4) is 0 Å². The van der Waals surface area contributed by atoms with Crippen molar-refractivity contribution in [1.82, 2.24) is 9.79 Å². The number of sulfonamides is 1. The fourth-order valence-corrected chi connectivity index (χ4v) is 3.88. The quantitative estimate of drug-likeness (QED) is 0.848. The monoisotopic (exact) mass is 354 g/mol. The lowest BCUT2D eigenvalue weighted by Crippen LogP contribution is -2.47. The molecular formula is C17H26N2O4S. The zero-order valence-corrected chi connectivity index (χ0v) is 15.3. The topological polar surface area (TPSA) is 75.7 Å². The van der Waals surface area contributed by atoms with Gasteiger partial charge in [-0.3, -0.25) is 0 Å². The molecule has 24 heavy (non-hydrogen) atoms. The average Bonchev–Trinajstić information content (AvgIpc) is 2.53. The molecule has 1 heterocycles. The zero-order valence-electron chi connectivity index (χ0n) is 14.5. The summed E-state index contributed by atoms with van der Waals surface area (Å²) >= 11 is 0. The third-order valence-corrected chi connectivity index (χ3v) is 5.53. The Balaban J connectivity index is 2.09. The van der Waals surface area contributed by atoms with Gasteiger partial charge in [0.25, 0.3) is 0 Å². The molecule has 1 unspecified atom stereocenters. The minimum atomic E-state index is -3.78. The van der Waals surface area contributed by atoms with Gasteiger partial charge in [0, 0.05) is 13.1 Å². The smallest absolute Gasteiger partial charge is 0.343 e. The van der Waals surface area contributed by atoms with Crippen molar-refractivity contribution in [2.45, 2.75) is 51.0 Å². The fraction of sp³-hybridized carbons (Fsp3) is 0.588. The van der Waals surface area contributed by atoms with Gasteiger partial charge in [0.2, 0.25) is 10.0 Å². The van der Waals surface area contributed by atoms with Crippen LogP contribution in [0.3, 0.4) is 0 Å². The van der Waals surface area contributed by atoms with E-state index >= 15 is 0 Å². The van der Waals surface area contributed by atoms with Crippen LogP contribution in [0.15, 0.2) is 29.2 Å². The molecule has 1 saturated heterocycles. The van der Waals surface area contributed by atoms with E-state index in [1.165, 1.54) is 12.1 Å². The highest BCUT2D eigenvalue weighted by Gasteiger charge is 2.31. The molecule has 0 saturated carbocycles. The molecule has 1 aliphatic rings. The molecule has 0 amide bonds. The molecule has 2 rings (SSSR count). The molecule has 1 N–H and O–H groups in total. The van der Waals surface area contributed by atoms with Gasteiger partial charge in [0.1, 0.15) is 6.04 Å². The molecule has 0 radical (unpaired) electrons. The maximum Gasteiger partial charge on any atom is 0.343 e. The Bertz CT molecular complexity index is 650. The van der Waals surface area contributed by atoms with E-state index in [2.05, 4.69) is 4.72 Å². The summed E-state index contributed by atoms with van der Waals surface area (Å²) in [6.07, 6.45) is 3.09. The van der Waals surface area contributed by atoms with Crippen LogP contribution < -0.4 is 4.72 Å². The van der Waals surface area contributed by atoms with Crippen molar-refractivity contribution in [1.29, 1.82) is 0 Å². The van der Waals surface area contributed by atoms with Crippen LogP contribution in [0, 0.1) is 12.8 Å². The number of aryl methyl sites for hydroxylation is 1. The minimum absolute atomic E-state index is 0.143. The molecule has 6 nitrogen and oxygen atoms in total. The Kier molecular flexibility index (Phi) is 6.37. The number of piperidine rings is 1. The number of hydrogen-bond donors (Lipinski definition) is 1. The van der Waals surface area contributed by atoms with Crippen molar-refractivity contribution in [3.05, 3.63) is 29.8 Å². The van der Waals surface area contributed by atoms with Crippen molar-refractivity contribution in [2.75, 3.05) is 13.1 Å². The number of nitrogens with zero attached hydrogens (tertiary/aromatic N) is 1. The second-order valence-corrected chi connectivity index (χ2v) is 8.27. The molecular weight excluding hydrogens is 328 g/mol. The first-order valence-electron chi connectivity index (χ1n) is 8.35. The van der Waals surface area contributed by atoms with E-state index in [0.29, 0.717) is 13.1 Å². The van der Waals surface area contributed by atoms with Gasteiger partial charge in [-0.15, -0.1) is 5.06 Å². The Morgan fingerprint density at radius 1 is 1.12 bits per heavy atom. The van der Waals surface area contributed by atoms with Crippen LogP contribution in [0.4, 0.5) is 0 Å². The SMILES string of the molecule is Cc1ccc(S(=O)(=O)NC(C(=O)ON2CCCCC2)C(C)C)cc1. The van der Waals surface area contributed by atoms with E-state index in [-0.39, 0.29) is 10.8 Å². The third kappa shape index (κ3) is 5.03. The molecule has 0 bridgehead atoms. The van der Waals surface area contributed by atoms with Gasteiger partial charge in [-0.25, -0.2) is 13.2 Å². The van der Waals surface area contributed by atoms with Crippen molar-refractivity contribution in [2.24, 2.45) is 5.92 Å². The first kappa shape index (κ1) is 18.9. The summed E-state index contributed by atoms with van der Waals surface area (Å²) in [7, 11) is -3.78. The van der Waals surface area contributed by atoms with Crippen LogP contribution in [-0.2, 0) is 19.7 Å². The van der Waals surface area contributed by atoms with E-state index in [0.717, 1.165) is 24.8 Å². The molecule has 0 aliphatic carbocycles. The van der Waals surface area contributed by atoms with Crippen molar-refractivity contribution in [3.63, 3.8) is 0 Å². The summed E-state index contributed by atoms with van der Waals surface area (Å²) in [6.45, 7) is 6.86. The average molecular weight is 354 g/mol. The van der Waals surface area contributed by atoms with E-state index in [9.17, 15) is 13.2 Å². The van der Waals surface area contributed by atoms with E-state index < -0.39 is 22.0 Å². The fourth-order valence-electron chi connectivity index (χ4n) is 2.55. The maximum atomic E-state index is 12.5. The highest BCUT2D eigenvalue weighted by atomic mass is 32.2. The molecule has 134 valence electrons. The number of rotatable bonds is 6. The van der Waals surface area contributed by atoms with E-state index in [4.69, 9.17) is 4.84 Å². The second-order valence-electron chi connectivity index (χ2n) is 6.56. The number of carbonyl (C=O) groups is 1. The predicted molar refractivity (Wildman–Crippen MR) is 91.6 cm³/mol. The molecule has 0 spiro atoms. The molecule has 1 aliphatic heterocycles. The van der Waals surface area contributed by atoms with Gasteiger partial charge in [0.05, 0.1) is 4.90 Å². The molecule has 1 fully saturated rings. The predicted octanol–water partition coefficient (Wildman–Crippen LogP) is 2.24. The Hall–Kier alpha value is -1.44. The van der Waals surface area contributed by atoms with Gasteiger partial charge >= 0.3 is 5.97 Å². The summed E-state index contributed by atoms with van der Waals surface area (Å²) < 4.78 is 27.5. The van der Waals surface area contributed by atoms with Crippen molar-refractivity contribution < 1.29 is 18.0 Å². The highest BCUT2D eigenvalue weighted by Crippen LogP contribution is 2.15. The number of hydroxylamine groups is 2. The zero-order chi connectivity index (χ0) is 17.7. The summed E-state index contributed by atoms with van der Waals surface area (Å²) in [6, 6.07) is 5.60. The van der Waals surface area contributed by atoms with Gasteiger partial charge < -0.3 is 4.84 Å². The molecule has 7 heteroatoms. The Labute approximate surface area is 144 Å². The lowest BCUT2D eigenvalue weighted by atomic mass is 10.1. The van der Waals surface area contributed by atoms with Crippen LogP contribution >= 0.6 is 0 Å². The lowest BCUT2D eigenvalue weighted by molar-refractivity contribution is -0.197. The highest BCUT2D eigenvalue weighted by molar-refractivity contribution is 7.89. The summed E-state index contributed by atoms with van der Waals surface area (Å²) in [5.41, 5.74) is 0.971. The van der Waals surface area contributed by atoms with E-state index in [1.54, 1.807) is 31.0 Å². The summed E-state index contributed by atoms with van der Waals surface area (Å²) in [5.74, 6) is -0.773. The third-order valence-electron chi connectivity index (χ3n) is 4.07. The number of nitrogens with one attached hydrogen (secondary N) is 1. The number of carbonyl (C=O) groups excluding carboxylic acids is 1. The standard InChI is InChI=1S/C17H26N2O4S/c1-13(2)16(17(20)23-19-11-5-4-6-12-19)18-24(21,22)15-9-7-14(3)8-10-15/h7-10,13,16,18H,4-6,11-12H2,1-3H3. The van der Waals surface area contributed by atoms with Gasteiger partial charge in [0.15, 0.2) is 0 Å². The first-order valence-corrected chi connectivity index (χ1v) is 9.83. The largest absolute Gasteiger partial charge is 0.366 e. The maximum absolute atomic E-state index is 12.5. The van der Waals surface area contributed by atoms with Gasteiger partial charge in [-0.2, -0.15) is 4.72 Å². The summed E-state index contributed by atoms with van der Waals surface area (Å²) in [4.78, 5) is 18.0. The van der Waals surface area contributed by atoms with Crippen LogP contribution in [0.25, 0.3) is 0 Å². The second kappa shape index (κ2) is 8.09. The first-order chi connectivity index (χ1) is 11.3.